The van der Waals surface area contributed by atoms with Gasteiger partial charge in [-0.3, -0.25) is 4.89 Å². The van der Waals surface area contributed by atoms with Crippen molar-refractivity contribution in [1.29, 1.82) is 0 Å². The molecule has 1 aromatic rings. The molecule has 0 spiro atoms. The van der Waals surface area contributed by atoms with Crippen LogP contribution < -0.4 is 0 Å². The fourth-order valence-electron chi connectivity index (χ4n) is 2.43. The maximum Gasteiger partial charge on any atom is 0.373 e. The Morgan fingerprint density at radius 2 is 1.90 bits per heavy atom. The average Bonchev–Trinajstić information content (AvgIpc) is 2.48. The van der Waals surface area contributed by atoms with Crippen LogP contribution in [0.3, 0.4) is 0 Å². The van der Waals surface area contributed by atoms with Gasteiger partial charge in [-0.15, -0.1) is 0 Å². The second kappa shape index (κ2) is 6.89. The summed E-state index contributed by atoms with van der Waals surface area (Å²) in [6.45, 7) is 6.54. The average molecular weight is 275 g/mol. The minimum absolute atomic E-state index is 0.425. The number of hydrogen-bond donors (Lipinski definition) is 0. The summed E-state index contributed by atoms with van der Waals surface area (Å²) in [6.07, 6.45) is 4.70. The molecular weight excluding hydrogens is 252 g/mol. The van der Waals surface area contributed by atoms with Gasteiger partial charge in [0.25, 0.3) is 0 Å². The zero-order valence-electron chi connectivity index (χ0n) is 12.5. The van der Waals surface area contributed by atoms with E-state index in [1.165, 1.54) is 5.56 Å². The van der Waals surface area contributed by atoms with Gasteiger partial charge in [-0.2, -0.15) is 4.89 Å². The summed E-state index contributed by atoms with van der Waals surface area (Å²) < 4.78 is 0. The summed E-state index contributed by atoms with van der Waals surface area (Å²) in [6, 6.07) is 7.43. The van der Waals surface area contributed by atoms with Crippen LogP contribution in [0.25, 0.3) is 0 Å². The first-order valence-corrected chi connectivity index (χ1v) is 7.42. The van der Waals surface area contributed by atoms with Crippen molar-refractivity contribution in [3.8, 4) is 0 Å². The first-order chi connectivity index (χ1) is 9.60. The van der Waals surface area contributed by atoms with Gasteiger partial charge in [0.15, 0.2) is 0 Å². The molecule has 1 aliphatic rings. The van der Waals surface area contributed by atoms with E-state index in [9.17, 15) is 4.79 Å². The Labute approximate surface area is 121 Å². The van der Waals surface area contributed by atoms with Crippen molar-refractivity contribution < 1.29 is 14.6 Å². The van der Waals surface area contributed by atoms with Crippen LogP contribution in [-0.2, 0) is 16.2 Å². The highest BCUT2D eigenvalue weighted by atomic mass is 17.2. The molecule has 3 nitrogen and oxygen atoms in total. The quantitative estimate of drug-likeness (QED) is 0.606. The highest BCUT2D eigenvalue weighted by Gasteiger charge is 2.27. The molecule has 0 aromatic heterocycles. The number of carbonyl (C=O) groups is 1. The lowest BCUT2D eigenvalue weighted by Crippen LogP contribution is -2.22. The summed E-state index contributed by atoms with van der Waals surface area (Å²) in [5, 5.41) is 0. The normalized spacial score (nSPS) is 23.6. The highest BCUT2D eigenvalue weighted by Crippen LogP contribution is 2.35. The fraction of sp³-hybridized carbons (Fsp3) is 0.529. The fourth-order valence-corrected chi connectivity index (χ4v) is 2.43. The molecule has 0 amide bonds. The van der Waals surface area contributed by atoms with E-state index in [0.717, 1.165) is 31.8 Å². The predicted octanol–water partition coefficient (Wildman–Crippen LogP) is 4.33. The number of hydrogen-bond acceptors (Lipinski definition) is 3. The number of benzene rings is 1. The minimum atomic E-state index is -0.425. The van der Waals surface area contributed by atoms with Gasteiger partial charge in [0.1, 0.15) is 6.10 Å². The second-order valence-electron chi connectivity index (χ2n) is 5.74. The summed E-state index contributed by atoms with van der Waals surface area (Å²) in [4.78, 5) is 22.1. The van der Waals surface area contributed by atoms with Crippen molar-refractivity contribution in [2.45, 2.75) is 46.5 Å². The van der Waals surface area contributed by atoms with Crippen LogP contribution in [-0.4, -0.2) is 5.97 Å². The third-order valence-corrected chi connectivity index (χ3v) is 4.23. The zero-order valence-corrected chi connectivity index (χ0v) is 12.5. The SMILES string of the molecule is CCc1ccc(C(=O)OO[C]2CCC(C)C(C)C2)cc1. The Kier molecular flexibility index (Phi) is 5.18. The standard InChI is InChI=1S/C17H23O3/c1-4-14-6-8-15(9-7-14)17(18)20-19-16-10-5-12(2)13(3)11-16/h6-9,12-13H,4-5,10-11H2,1-3H3. The van der Waals surface area contributed by atoms with E-state index in [4.69, 9.17) is 9.78 Å². The molecule has 1 radical (unpaired) electrons. The summed E-state index contributed by atoms with van der Waals surface area (Å²) in [7, 11) is 0. The third kappa shape index (κ3) is 3.83. The van der Waals surface area contributed by atoms with Crippen LogP contribution in [0, 0.1) is 17.9 Å². The van der Waals surface area contributed by atoms with E-state index < -0.39 is 5.97 Å². The molecule has 0 saturated heterocycles. The van der Waals surface area contributed by atoms with Crippen molar-refractivity contribution in [3.05, 3.63) is 41.5 Å². The Hall–Kier alpha value is -1.35. The van der Waals surface area contributed by atoms with Gasteiger partial charge in [-0.1, -0.05) is 32.9 Å². The van der Waals surface area contributed by atoms with Crippen molar-refractivity contribution in [3.63, 3.8) is 0 Å². The molecule has 0 N–H and O–H groups in total. The summed E-state index contributed by atoms with van der Waals surface area (Å²) in [5.41, 5.74) is 1.73. The smallest absolute Gasteiger partial charge is 0.292 e. The Bertz CT molecular complexity index is 438. The topological polar surface area (TPSA) is 35.5 Å². The molecule has 0 aliphatic heterocycles. The Morgan fingerprint density at radius 3 is 2.50 bits per heavy atom. The molecule has 0 bridgehead atoms. The van der Waals surface area contributed by atoms with Crippen molar-refractivity contribution in [2.75, 3.05) is 0 Å². The lowest BCUT2D eigenvalue weighted by molar-refractivity contribution is -0.242. The van der Waals surface area contributed by atoms with Crippen LogP contribution in [0.4, 0.5) is 0 Å². The highest BCUT2D eigenvalue weighted by molar-refractivity contribution is 5.88. The van der Waals surface area contributed by atoms with E-state index in [1.807, 2.05) is 12.1 Å². The molecule has 109 valence electrons. The second-order valence-corrected chi connectivity index (χ2v) is 5.74. The van der Waals surface area contributed by atoms with Gasteiger partial charge in [-0.25, -0.2) is 4.79 Å². The maximum atomic E-state index is 11.9. The van der Waals surface area contributed by atoms with E-state index in [0.29, 0.717) is 17.4 Å². The van der Waals surface area contributed by atoms with E-state index in [-0.39, 0.29) is 0 Å². The summed E-state index contributed by atoms with van der Waals surface area (Å²) >= 11 is 0. The van der Waals surface area contributed by atoms with Crippen LogP contribution in [0.2, 0.25) is 0 Å². The maximum absolute atomic E-state index is 11.9. The van der Waals surface area contributed by atoms with Crippen LogP contribution in [0.15, 0.2) is 24.3 Å². The third-order valence-electron chi connectivity index (χ3n) is 4.23. The van der Waals surface area contributed by atoms with Gasteiger partial charge in [0, 0.05) is 0 Å². The number of rotatable bonds is 4. The largest absolute Gasteiger partial charge is 0.373 e. The number of aryl methyl sites for hydroxylation is 1. The van der Waals surface area contributed by atoms with E-state index in [1.54, 1.807) is 12.1 Å². The lowest BCUT2D eigenvalue weighted by atomic mass is 9.80. The molecule has 20 heavy (non-hydrogen) atoms. The molecule has 1 aliphatic carbocycles. The zero-order chi connectivity index (χ0) is 14.5. The van der Waals surface area contributed by atoms with Crippen LogP contribution in [0.5, 0.6) is 0 Å². The monoisotopic (exact) mass is 275 g/mol. The molecule has 1 saturated carbocycles. The van der Waals surface area contributed by atoms with Crippen molar-refractivity contribution >= 4 is 5.97 Å². The Morgan fingerprint density at radius 1 is 1.20 bits per heavy atom. The van der Waals surface area contributed by atoms with Crippen LogP contribution in [0.1, 0.15) is 56.0 Å². The summed E-state index contributed by atoms with van der Waals surface area (Å²) in [5.74, 6) is 0.868. The van der Waals surface area contributed by atoms with Crippen molar-refractivity contribution in [1.82, 2.24) is 0 Å². The van der Waals surface area contributed by atoms with Gasteiger partial charge in [0.05, 0.1) is 5.56 Å². The molecular formula is C17H23O3. The minimum Gasteiger partial charge on any atom is -0.292 e. The molecule has 2 unspecified atom stereocenters. The number of carbonyl (C=O) groups excluding carboxylic acids is 1. The van der Waals surface area contributed by atoms with Crippen LogP contribution >= 0.6 is 0 Å². The van der Waals surface area contributed by atoms with Gasteiger partial charge < -0.3 is 0 Å². The van der Waals surface area contributed by atoms with Gasteiger partial charge in [0.2, 0.25) is 0 Å². The van der Waals surface area contributed by atoms with E-state index >= 15 is 0 Å². The van der Waals surface area contributed by atoms with E-state index in [2.05, 4.69) is 20.8 Å². The molecule has 0 heterocycles. The van der Waals surface area contributed by atoms with Gasteiger partial charge in [-0.05, 0) is 55.2 Å². The molecule has 2 rings (SSSR count). The predicted molar refractivity (Wildman–Crippen MR) is 77.7 cm³/mol. The molecule has 1 aromatic carbocycles. The Balaban J connectivity index is 1.82. The van der Waals surface area contributed by atoms with Gasteiger partial charge >= 0.3 is 5.97 Å². The molecule has 1 fully saturated rings. The molecule has 3 heteroatoms. The lowest BCUT2D eigenvalue weighted by Gasteiger charge is -2.29. The first kappa shape index (κ1) is 15.0. The van der Waals surface area contributed by atoms with Crippen molar-refractivity contribution in [2.24, 2.45) is 11.8 Å². The molecule has 2 atom stereocenters. The first-order valence-electron chi connectivity index (χ1n) is 7.42.